The second kappa shape index (κ2) is 6.99. The molecule has 1 atom stereocenters. The Hall–Kier alpha value is -0.450. The van der Waals surface area contributed by atoms with Crippen molar-refractivity contribution in [1.82, 2.24) is 5.32 Å². The van der Waals surface area contributed by atoms with E-state index in [2.05, 4.69) is 28.2 Å². The van der Waals surface area contributed by atoms with Crippen LogP contribution in [0.5, 0.6) is 0 Å². The Bertz CT molecular complexity index is 333. The van der Waals surface area contributed by atoms with Crippen molar-refractivity contribution < 1.29 is 9.13 Å². The molecule has 4 heteroatoms. The maximum absolute atomic E-state index is 13.0. The average Bonchev–Trinajstić information content (AvgIpc) is 2.24. The molecule has 0 aromatic heterocycles. The minimum absolute atomic E-state index is 0.225. The maximum Gasteiger partial charge on any atom is 0.137 e. The summed E-state index contributed by atoms with van der Waals surface area (Å²) in [5.74, 6) is 0.255. The van der Waals surface area contributed by atoms with Crippen LogP contribution in [-0.2, 0) is 11.3 Å². The first-order chi connectivity index (χ1) is 7.63. The third kappa shape index (κ3) is 4.60. The van der Waals surface area contributed by atoms with Crippen LogP contribution in [0.4, 0.5) is 4.39 Å². The highest BCUT2D eigenvalue weighted by Crippen LogP contribution is 2.16. The Kier molecular flexibility index (Phi) is 5.95. The highest BCUT2D eigenvalue weighted by Gasteiger charge is 2.02. The number of halogens is 2. The lowest BCUT2D eigenvalue weighted by molar-refractivity contribution is 0.158. The van der Waals surface area contributed by atoms with Gasteiger partial charge in [0, 0.05) is 26.8 Å². The topological polar surface area (TPSA) is 21.3 Å². The molecule has 0 fully saturated rings. The largest absolute Gasteiger partial charge is 0.384 e. The minimum Gasteiger partial charge on any atom is -0.384 e. The number of rotatable bonds is 6. The zero-order chi connectivity index (χ0) is 12.0. The summed E-state index contributed by atoms with van der Waals surface area (Å²) >= 11 is 3.17. The SMILES string of the molecule is COCC(C)CNCc1ccc(F)c(Br)c1. The first-order valence-electron chi connectivity index (χ1n) is 5.27. The van der Waals surface area contributed by atoms with Crippen molar-refractivity contribution >= 4 is 15.9 Å². The van der Waals surface area contributed by atoms with Crippen molar-refractivity contribution in [3.63, 3.8) is 0 Å². The zero-order valence-corrected chi connectivity index (χ0v) is 11.2. The van der Waals surface area contributed by atoms with Crippen LogP contribution in [0.25, 0.3) is 0 Å². The molecular formula is C12H17BrFNO. The van der Waals surface area contributed by atoms with Crippen molar-refractivity contribution in [2.75, 3.05) is 20.3 Å². The van der Waals surface area contributed by atoms with Gasteiger partial charge in [-0.05, 0) is 39.5 Å². The summed E-state index contributed by atoms with van der Waals surface area (Å²) in [5, 5.41) is 3.31. The van der Waals surface area contributed by atoms with E-state index in [0.717, 1.165) is 25.3 Å². The Morgan fingerprint density at radius 2 is 2.25 bits per heavy atom. The molecule has 0 aliphatic rings. The van der Waals surface area contributed by atoms with E-state index in [1.165, 1.54) is 6.07 Å². The standard InChI is InChI=1S/C12H17BrFNO/c1-9(8-16-2)6-15-7-10-3-4-12(14)11(13)5-10/h3-5,9,15H,6-8H2,1-2H3. The molecule has 1 aromatic carbocycles. The Morgan fingerprint density at radius 3 is 2.88 bits per heavy atom. The molecule has 1 unspecified atom stereocenters. The van der Waals surface area contributed by atoms with Gasteiger partial charge in [-0.2, -0.15) is 0 Å². The Labute approximate surface area is 104 Å². The van der Waals surface area contributed by atoms with E-state index in [9.17, 15) is 4.39 Å². The highest BCUT2D eigenvalue weighted by molar-refractivity contribution is 9.10. The van der Waals surface area contributed by atoms with Crippen LogP contribution >= 0.6 is 15.9 Å². The fourth-order valence-electron chi connectivity index (χ4n) is 1.46. The van der Waals surface area contributed by atoms with E-state index in [0.29, 0.717) is 10.4 Å². The van der Waals surface area contributed by atoms with Crippen molar-refractivity contribution in [1.29, 1.82) is 0 Å². The predicted octanol–water partition coefficient (Wildman–Crippen LogP) is 2.96. The lowest BCUT2D eigenvalue weighted by Gasteiger charge is -2.11. The summed E-state index contributed by atoms with van der Waals surface area (Å²) in [7, 11) is 1.70. The van der Waals surface area contributed by atoms with Crippen molar-refractivity contribution in [3.05, 3.63) is 34.1 Å². The first-order valence-corrected chi connectivity index (χ1v) is 6.06. The number of hydrogen-bond acceptors (Lipinski definition) is 2. The Morgan fingerprint density at radius 1 is 1.50 bits per heavy atom. The number of nitrogens with one attached hydrogen (secondary N) is 1. The van der Waals surface area contributed by atoms with Gasteiger partial charge in [0.1, 0.15) is 5.82 Å². The molecule has 0 amide bonds. The number of ether oxygens (including phenoxy) is 1. The molecule has 90 valence electrons. The third-order valence-corrected chi connectivity index (χ3v) is 2.86. The summed E-state index contributed by atoms with van der Waals surface area (Å²) in [6, 6.07) is 5.05. The normalized spacial score (nSPS) is 12.8. The molecule has 2 nitrogen and oxygen atoms in total. The molecule has 0 aliphatic heterocycles. The second-order valence-corrected chi connectivity index (χ2v) is 4.79. The van der Waals surface area contributed by atoms with Crippen LogP contribution < -0.4 is 5.32 Å². The average molecular weight is 290 g/mol. The van der Waals surface area contributed by atoms with Gasteiger partial charge in [-0.1, -0.05) is 13.0 Å². The van der Waals surface area contributed by atoms with Crippen LogP contribution in [0.3, 0.4) is 0 Å². The van der Waals surface area contributed by atoms with Crippen LogP contribution in [0, 0.1) is 11.7 Å². The molecule has 0 bridgehead atoms. The second-order valence-electron chi connectivity index (χ2n) is 3.94. The monoisotopic (exact) mass is 289 g/mol. The molecule has 0 saturated heterocycles. The molecule has 0 radical (unpaired) electrons. The Balaban J connectivity index is 2.34. The van der Waals surface area contributed by atoms with Gasteiger partial charge in [0.05, 0.1) is 4.47 Å². The van der Waals surface area contributed by atoms with E-state index in [-0.39, 0.29) is 5.82 Å². The molecule has 16 heavy (non-hydrogen) atoms. The molecule has 1 aromatic rings. The van der Waals surface area contributed by atoms with Gasteiger partial charge < -0.3 is 10.1 Å². The first kappa shape index (κ1) is 13.6. The van der Waals surface area contributed by atoms with E-state index in [1.54, 1.807) is 19.2 Å². The number of hydrogen-bond donors (Lipinski definition) is 1. The van der Waals surface area contributed by atoms with Gasteiger partial charge in [-0.15, -0.1) is 0 Å². The fourth-order valence-corrected chi connectivity index (χ4v) is 1.88. The van der Waals surface area contributed by atoms with Crippen LogP contribution in [-0.4, -0.2) is 20.3 Å². The quantitative estimate of drug-likeness (QED) is 0.869. The summed E-state index contributed by atoms with van der Waals surface area (Å²) < 4.78 is 18.5. The zero-order valence-electron chi connectivity index (χ0n) is 9.59. The molecule has 0 heterocycles. The van der Waals surface area contributed by atoms with Crippen molar-refractivity contribution in [3.8, 4) is 0 Å². The maximum atomic E-state index is 13.0. The smallest absolute Gasteiger partial charge is 0.137 e. The van der Waals surface area contributed by atoms with Gasteiger partial charge >= 0.3 is 0 Å². The van der Waals surface area contributed by atoms with Gasteiger partial charge in [0.15, 0.2) is 0 Å². The number of methoxy groups -OCH3 is 1. The van der Waals surface area contributed by atoms with E-state index >= 15 is 0 Å². The van der Waals surface area contributed by atoms with Crippen molar-refractivity contribution in [2.45, 2.75) is 13.5 Å². The van der Waals surface area contributed by atoms with Gasteiger partial charge in [-0.25, -0.2) is 4.39 Å². The van der Waals surface area contributed by atoms with E-state index in [1.807, 2.05) is 0 Å². The highest BCUT2D eigenvalue weighted by atomic mass is 79.9. The fraction of sp³-hybridized carbons (Fsp3) is 0.500. The molecule has 0 saturated carbocycles. The molecule has 0 spiro atoms. The van der Waals surface area contributed by atoms with Gasteiger partial charge in [0.25, 0.3) is 0 Å². The summed E-state index contributed by atoms with van der Waals surface area (Å²) in [4.78, 5) is 0. The number of benzene rings is 1. The van der Waals surface area contributed by atoms with Crippen LogP contribution in [0.2, 0.25) is 0 Å². The van der Waals surface area contributed by atoms with Crippen LogP contribution in [0.1, 0.15) is 12.5 Å². The van der Waals surface area contributed by atoms with Crippen LogP contribution in [0.15, 0.2) is 22.7 Å². The summed E-state index contributed by atoms with van der Waals surface area (Å²) in [6.07, 6.45) is 0. The molecule has 1 N–H and O–H groups in total. The molecule has 1 rings (SSSR count). The minimum atomic E-state index is -0.225. The lowest BCUT2D eigenvalue weighted by Crippen LogP contribution is -2.23. The van der Waals surface area contributed by atoms with Gasteiger partial charge in [0.2, 0.25) is 0 Å². The summed E-state index contributed by atoms with van der Waals surface area (Å²) in [6.45, 7) is 4.51. The van der Waals surface area contributed by atoms with E-state index in [4.69, 9.17) is 4.74 Å². The summed E-state index contributed by atoms with van der Waals surface area (Å²) in [5.41, 5.74) is 1.07. The van der Waals surface area contributed by atoms with E-state index < -0.39 is 0 Å². The third-order valence-electron chi connectivity index (χ3n) is 2.26. The van der Waals surface area contributed by atoms with Crippen molar-refractivity contribution in [2.24, 2.45) is 5.92 Å². The van der Waals surface area contributed by atoms with Gasteiger partial charge in [-0.3, -0.25) is 0 Å². The lowest BCUT2D eigenvalue weighted by atomic mass is 10.2. The predicted molar refractivity (Wildman–Crippen MR) is 66.8 cm³/mol. The molecule has 0 aliphatic carbocycles. The molecular weight excluding hydrogens is 273 g/mol.